The summed E-state index contributed by atoms with van der Waals surface area (Å²) in [5, 5.41) is 0.519. The Balaban J connectivity index is 1.12. The van der Waals surface area contributed by atoms with Crippen molar-refractivity contribution in [3.8, 4) is 17.3 Å². The van der Waals surface area contributed by atoms with Crippen molar-refractivity contribution in [1.29, 1.82) is 0 Å². The molecule has 43 heavy (non-hydrogen) atoms. The van der Waals surface area contributed by atoms with Crippen molar-refractivity contribution in [2.24, 2.45) is 5.92 Å². The number of likely N-dealkylation sites (tertiary alicyclic amines) is 1. The third-order valence-electron chi connectivity index (χ3n) is 11.2. The number of amides is 1. The van der Waals surface area contributed by atoms with Crippen molar-refractivity contribution in [2.45, 2.75) is 68.5 Å². The molecule has 2 unspecified atom stereocenters. The topological polar surface area (TPSA) is 74.7 Å². The molecule has 1 aromatic carbocycles. The third-order valence-corrected chi connectivity index (χ3v) is 11.2. The van der Waals surface area contributed by atoms with Crippen LogP contribution < -0.4 is 9.64 Å². The number of fused-ring (bicyclic) bond motifs is 6. The van der Waals surface area contributed by atoms with E-state index in [-0.39, 0.29) is 29.1 Å². The van der Waals surface area contributed by atoms with E-state index in [1.165, 1.54) is 11.1 Å². The number of carbonyl (C=O) groups excluding carboxylic acids is 1. The van der Waals surface area contributed by atoms with Crippen LogP contribution in [0.4, 0.5) is 14.6 Å². The van der Waals surface area contributed by atoms with Crippen LogP contribution in [0.5, 0.6) is 6.01 Å². The standard InChI is InChI=1S/C33H34F2N6O2/c1-18(34)31(42)40-12-7-24-25(40)16-41(24)30-23-15-36-28(21-6-2-5-19-13-20-14-22(20)26(19)21)27(35)29(23)37-32(38-30)43-17-33-8-3-10-39(33)11-4-9-33/h2,5-6,15,20,22,24-25H,1,3-4,7-14,16-17H2/t20?,22?,24-,25-/m1/s1. The van der Waals surface area contributed by atoms with Gasteiger partial charge in [0.05, 0.1) is 23.0 Å². The van der Waals surface area contributed by atoms with Crippen molar-refractivity contribution >= 4 is 22.6 Å². The zero-order chi connectivity index (χ0) is 29.0. The molecular formula is C33H34F2N6O2. The fourth-order valence-electron chi connectivity index (χ4n) is 8.97. The van der Waals surface area contributed by atoms with Crippen molar-refractivity contribution in [2.75, 3.05) is 37.7 Å². The molecule has 9 rings (SSSR count). The van der Waals surface area contributed by atoms with E-state index in [4.69, 9.17) is 9.72 Å². The second-order valence-corrected chi connectivity index (χ2v) is 13.4. The molecule has 2 aromatic heterocycles. The van der Waals surface area contributed by atoms with Gasteiger partial charge in [0.25, 0.3) is 5.91 Å². The van der Waals surface area contributed by atoms with Crippen LogP contribution in [0.3, 0.4) is 0 Å². The van der Waals surface area contributed by atoms with Crippen molar-refractivity contribution in [3.05, 3.63) is 53.7 Å². The molecule has 1 amide bonds. The average molecular weight is 585 g/mol. The Morgan fingerprint density at radius 2 is 1.98 bits per heavy atom. The van der Waals surface area contributed by atoms with Crippen LogP contribution in [0.1, 0.15) is 55.6 Å². The summed E-state index contributed by atoms with van der Waals surface area (Å²) in [4.78, 5) is 32.8. The summed E-state index contributed by atoms with van der Waals surface area (Å²) in [7, 11) is 0. The number of aromatic nitrogens is 3. The largest absolute Gasteiger partial charge is 0.461 e. The third kappa shape index (κ3) is 3.74. The molecular weight excluding hydrogens is 550 g/mol. The smallest absolute Gasteiger partial charge is 0.319 e. The summed E-state index contributed by atoms with van der Waals surface area (Å²) in [6, 6.07) is 6.09. The molecule has 6 heterocycles. The molecule has 3 aromatic rings. The quantitative estimate of drug-likeness (QED) is 0.387. The number of nitrogens with zero attached hydrogens (tertiary/aromatic N) is 6. The van der Waals surface area contributed by atoms with Gasteiger partial charge in [0.15, 0.2) is 11.6 Å². The van der Waals surface area contributed by atoms with E-state index in [9.17, 15) is 9.18 Å². The van der Waals surface area contributed by atoms with Gasteiger partial charge < -0.3 is 14.5 Å². The first-order valence-corrected chi connectivity index (χ1v) is 15.7. The van der Waals surface area contributed by atoms with E-state index < -0.39 is 17.6 Å². The molecule has 2 aliphatic carbocycles. The van der Waals surface area contributed by atoms with Gasteiger partial charge in [-0.1, -0.05) is 24.8 Å². The number of anilines is 1. The molecule has 0 spiro atoms. The van der Waals surface area contributed by atoms with Gasteiger partial charge in [0.2, 0.25) is 0 Å². The molecule has 4 saturated heterocycles. The van der Waals surface area contributed by atoms with Crippen LogP contribution in [0.2, 0.25) is 0 Å². The zero-order valence-electron chi connectivity index (χ0n) is 24.1. The normalized spacial score (nSPS) is 28.0. The molecule has 5 fully saturated rings. The Kier molecular flexibility index (Phi) is 5.50. The van der Waals surface area contributed by atoms with Crippen LogP contribution in [0.15, 0.2) is 36.8 Å². The summed E-state index contributed by atoms with van der Waals surface area (Å²) in [5.41, 5.74) is 3.91. The molecule has 0 radical (unpaired) electrons. The van der Waals surface area contributed by atoms with Gasteiger partial charge in [-0.2, -0.15) is 9.97 Å². The van der Waals surface area contributed by atoms with Gasteiger partial charge in [-0.3, -0.25) is 14.7 Å². The first-order valence-electron chi connectivity index (χ1n) is 15.7. The predicted molar refractivity (Wildman–Crippen MR) is 157 cm³/mol. The molecule has 10 heteroatoms. The van der Waals surface area contributed by atoms with Crippen molar-refractivity contribution < 1.29 is 18.3 Å². The Labute approximate surface area is 248 Å². The van der Waals surface area contributed by atoms with E-state index in [0.29, 0.717) is 54.9 Å². The highest BCUT2D eigenvalue weighted by Crippen LogP contribution is 2.58. The highest BCUT2D eigenvalue weighted by molar-refractivity contribution is 5.94. The van der Waals surface area contributed by atoms with Crippen molar-refractivity contribution in [1.82, 2.24) is 24.8 Å². The summed E-state index contributed by atoms with van der Waals surface area (Å²) in [6.45, 7) is 6.74. The van der Waals surface area contributed by atoms with Gasteiger partial charge in [-0.15, -0.1) is 0 Å². The number of hydrogen-bond donors (Lipinski definition) is 0. The lowest BCUT2D eigenvalue weighted by molar-refractivity contribution is -0.130. The minimum Gasteiger partial charge on any atom is -0.461 e. The van der Waals surface area contributed by atoms with E-state index in [1.807, 2.05) is 12.1 Å². The minimum absolute atomic E-state index is 0.00520. The second-order valence-electron chi connectivity index (χ2n) is 13.4. The van der Waals surface area contributed by atoms with E-state index in [1.54, 1.807) is 11.1 Å². The highest BCUT2D eigenvalue weighted by Gasteiger charge is 2.51. The Morgan fingerprint density at radius 1 is 1.14 bits per heavy atom. The number of rotatable bonds is 6. The van der Waals surface area contributed by atoms with Crippen LogP contribution in [0, 0.1) is 11.7 Å². The van der Waals surface area contributed by atoms with Crippen LogP contribution >= 0.6 is 0 Å². The SMILES string of the molecule is C=C(F)C(=O)N1CC[C@@H]2[C@H]1CN2c1nc(OCC23CCCN2CCC3)nc2c(F)c(-c3cccc4c3C3CC3C4)ncc12. The second kappa shape index (κ2) is 9.17. The fourth-order valence-corrected chi connectivity index (χ4v) is 8.97. The van der Waals surface area contributed by atoms with Crippen LogP contribution in [-0.4, -0.2) is 81.1 Å². The Hall–Kier alpha value is -3.66. The van der Waals surface area contributed by atoms with Crippen LogP contribution in [0.25, 0.3) is 22.2 Å². The van der Waals surface area contributed by atoms with E-state index in [0.717, 1.165) is 57.2 Å². The lowest BCUT2D eigenvalue weighted by Gasteiger charge is -2.47. The zero-order valence-corrected chi connectivity index (χ0v) is 24.1. The monoisotopic (exact) mass is 584 g/mol. The summed E-state index contributed by atoms with van der Waals surface area (Å²) >= 11 is 0. The van der Waals surface area contributed by atoms with Crippen LogP contribution in [-0.2, 0) is 11.2 Å². The number of carbonyl (C=O) groups is 1. The number of benzene rings is 1. The maximum Gasteiger partial charge on any atom is 0.319 e. The number of ether oxygens (including phenoxy) is 1. The van der Waals surface area contributed by atoms with Gasteiger partial charge in [-0.25, -0.2) is 8.78 Å². The molecule has 222 valence electrons. The summed E-state index contributed by atoms with van der Waals surface area (Å²) in [5.74, 6) is -0.344. The molecule has 8 nitrogen and oxygen atoms in total. The first-order chi connectivity index (χ1) is 20.9. The van der Waals surface area contributed by atoms with Gasteiger partial charge >= 0.3 is 6.01 Å². The van der Waals surface area contributed by atoms with Crippen molar-refractivity contribution in [3.63, 3.8) is 0 Å². The average Bonchev–Trinajstić information content (AvgIpc) is 3.29. The van der Waals surface area contributed by atoms with Gasteiger partial charge in [0.1, 0.15) is 23.6 Å². The van der Waals surface area contributed by atoms with E-state index in [2.05, 4.69) is 32.4 Å². The maximum absolute atomic E-state index is 16.6. The maximum atomic E-state index is 16.6. The molecule has 1 saturated carbocycles. The number of halogens is 2. The molecule has 6 aliphatic rings. The number of hydrogen-bond acceptors (Lipinski definition) is 7. The minimum atomic E-state index is -0.946. The lowest BCUT2D eigenvalue weighted by atomic mass is 9.95. The summed E-state index contributed by atoms with van der Waals surface area (Å²) < 4.78 is 36.7. The highest BCUT2D eigenvalue weighted by atomic mass is 19.1. The Bertz CT molecular complexity index is 1700. The van der Waals surface area contributed by atoms with Gasteiger partial charge in [0, 0.05) is 24.8 Å². The lowest BCUT2D eigenvalue weighted by Crippen LogP contribution is -2.63. The number of pyridine rings is 1. The predicted octanol–water partition coefficient (Wildman–Crippen LogP) is 4.77. The van der Waals surface area contributed by atoms with Gasteiger partial charge in [-0.05, 0) is 81.0 Å². The fraction of sp³-hybridized carbons (Fsp3) is 0.515. The Morgan fingerprint density at radius 3 is 2.79 bits per heavy atom. The molecule has 4 aliphatic heterocycles. The molecule has 0 N–H and O–H groups in total. The molecule has 4 atom stereocenters. The summed E-state index contributed by atoms with van der Waals surface area (Å²) in [6.07, 6.45) is 9.03. The first kappa shape index (κ1) is 25.8. The van der Waals surface area contributed by atoms with E-state index >= 15 is 4.39 Å². The molecule has 0 bridgehead atoms.